The van der Waals surface area contributed by atoms with Gasteiger partial charge in [-0.2, -0.15) is 0 Å². The molecule has 0 fully saturated rings. The van der Waals surface area contributed by atoms with E-state index in [1.54, 1.807) is 66.7 Å². The van der Waals surface area contributed by atoms with Crippen LogP contribution in [0.4, 0.5) is 10.8 Å². The van der Waals surface area contributed by atoms with Crippen LogP contribution in [0.25, 0.3) is 0 Å². The number of amides is 2. The summed E-state index contributed by atoms with van der Waals surface area (Å²) in [5.41, 5.74) is 2.33. The molecule has 2 N–H and O–H groups in total. The van der Waals surface area contributed by atoms with E-state index in [0.29, 0.717) is 37.7 Å². The lowest BCUT2D eigenvalue weighted by atomic mass is 10.1. The topological polar surface area (TPSA) is 93.2 Å². The molecule has 0 aliphatic heterocycles. The van der Waals surface area contributed by atoms with Crippen LogP contribution in [-0.4, -0.2) is 22.0 Å². The van der Waals surface area contributed by atoms with Gasteiger partial charge in [0.1, 0.15) is 12.4 Å². The van der Waals surface area contributed by atoms with Crippen molar-refractivity contribution in [3.63, 3.8) is 0 Å². The van der Waals surface area contributed by atoms with Crippen LogP contribution >= 0.6 is 22.9 Å². The molecule has 0 saturated heterocycles. The van der Waals surface area contributed by atoms with Crippen LogP contribution < -0.4 is 15.4 Å². The molecule has 7 nitrogen and oxygen atoms in total. The number of ether oxygens (including phenoxy) is 1. The molecule has 2 amide bonds. The third-order valence-electron chi connectivity index (χ3n) is 4.65. The van der Waals surface area contributed by atoms with E-state index in [0.717, 1.165) is 5.56 Å². The van der Waals surface area contributed by atoms with Gasteiger partial charge in [-0.15, -0.1) is 10.2 Å². The van der Waals surface area contributed by atoms with E-state index in [4.69, 9.17) is 16.3 Å². The molecule has 1 heterocycles. The summed E-state index contributed by atoms with van der Waals surface area (Å²) in [4.78, 5) is 25.2. The number of hydrogen-bond acceptors (Lipinski definition) is 6. The minimum atomic E-state index is -0.355. The number of aryl methyl sites for hydroxylation is 1. The molecule has 0 unspecified atom stereocenters. The molecule has 9 heteroatoms. The molecule has 166 valence electrons. The molecule has 4 rings (SSSR count). The quantitative estimate of drug-likeness (QED) is 0.361. The average molecular weight is 479 g/mol. The number of benzene rings is 3. The molecule has 0 atom stereocenters. The van der Waals surface area contributed by atoms with Crippen molar-refractivity contribution in [2.75, 3.05) is 10.6 Å². The zero-order valence-electron chi connectivity index (χ0n) is 17.5. The minimum absolute atomic E-state index is 0.218. The lowest BCUT2D eigenvalue weighted by Crippen LogP contribution is -2.15. The van der Waals surface area contributed by atoms with E-state index in [1.165, 1.54) is 11.3 Å². The number of nitrogens with one attached hydrogen (secondary N) is 2. The van der Waals surface area contributed by atoms with Gasteiger partial charge >= 0.3 is 0 Å². The van der Waals surface area contributed by atoms with Crippen LogP contribution in [-0.2, 0) is 6.61 Å². The summed E-state index contributed by atoms with van der Waals surface area (Å²) in [7, 11) is 0. The average Bonchev–Trinajstić information content (AvgIpc) is 3.27. The SMILES string of the molecule is Cc1ccc(C(=O)Nc2nnc(COc3ccc(Cl)cc3)s2)cc1NC(=O)c1ccccc1. The predicted octanol–water partition coefficient (Wildman–Crippen LogP) is 5.58. The number of anilines is 2. The largest absolute Gasteiger partial charge is 0.486 e. The van der Waals surface area contributed by atoms with Crippen molar-refractivity contribution in [3.05, 3.63) is 99.5 Å². The maximum absolute atomic E-state index is 12.7. The Bertz CT molecular complexity index is 1280. The van der Waals surface area contributed by atoms with Crippen molar-refractivity contribution in [2.45, 2.75) is 13.5 Å². The van der Waals surface area contributed by atoms with Gasteiger partial charge in [-0.05, 0) is 61.0 Å². The Morgan fingerprint density at radius 3 is 2.39 bits per heavy atom. The van der Waals surface area contributed by atoms with Crippen LogP contribution in [0.3, 0.4) is 0 Å². The first-order valence-electron chi connectivity index (χ1n) is 9.97. The van der Waals surface area contributed by atoms with Crippen molar-refractivity contribution in [1.29, 1.82) is 0 Å². The molecule has 0 aliphatic rings. The van der Waals surface area contributed by atoms with Crippen molar-refractivity contribution in [3.8, 4) is 5.75 Å². The third kappa shape index (κ3) is 5.94. The molecule has 33 heavy (non-hydrogen) atoms. The van der Waals surface area contributed by atoms with E-state index >= 15 is 0 Å². The van der Waals surface area contributed by atoms with Gasteiger partial charge in [-0.1, -0.05) is 47.2 Å². The Hall–Kier alpha value is -3.75. The maximum Gasteiger partial charge on any atom is 0.257 e. The van der Waals surface area contributed by atoms with Gasteiger partial charge in [0, 0.05) is 21.8 Å². The highest BCUT2D eigenvalue weighted by Crippen LogP contribution is 2.22. The van der Waals surface area contributed by atoms with Crippen LogP contribution in [0.5, 0.6) is 5.75 Å². The van der Waals surface area contributed by atoms with Gasteiger partial charge in [0.05, 0.1) is 0 Å². The molecular formula is C24H19ClN4O3S. The van der Waals surface area contributed by atoms with Crippen LogP contribution in [0.15, 0.2) is 72.8 Å². The highest BCUT2D eigenvalue weighted by molar-refractivity contribution is 7.15. The summed E-state index contributed by atoms with van der Waals surface area (Å²) in [6.07, 6.45) is 0. The van der Waals surface area contributed by atoms with Gasteiger partial charge in [0.25, 0.3) is 11.8 Å². The second-order valence-electron chi connectivity index (χ2n) is 7.05. The Morgan fingerprint density at radius 1 is 0.909 bits per heavy atom. The fourth-order valence-electron chi connectivity index (χ4n) is 2.89. The smallest absolute Gasteiger partial charge is 0.257 e. The van der Waals surface area contributed by atoms with Gasteiger partial charge in [-0.3, -0.25) is 14.9 Å². The molecule has 1 aromatic heterocycles. The third-order valence-corrected chi connectivity index (χ3v) is 5.71. The molecule has 0 spiro atoms. The van der Waals surface area contributed by atoms with E-state index in [2.05, 4.69) is 20.8 Å². The van der Waals surface area contributed by atoms with Gasteiger partial charge in [-0.25, -0.2) is 0 Å². The molecule has 0 saturated carbocycles. The van der Waals surface area contributed by atoms with Gasteiger partial charge in [0.15, 0.2) is 5.01 Å². The summed E-state index contributed by atoms with van der Waals surface area (Å²) in [5, 5.41) is 15.2. The minimum Gasteiger partial charge on any atom is -0.486 e. The summed E-state index contributed by atoms with van der Waals surface area (Å²) >= 11 is 7.08. The normalized spacial score (nSPS) is 10.5. The summed E-state index contributed by atoms with van der Waals surface area (Å²) in [5.74, 6) is 0.0576. The second-order valence-corrected chi connectivity index (χ2v) is 8.55. The van der Waals surface area contributed by atoms with Crippen LogP contribution in [0.1, 0.15) is 31.3 Å². The van der Waals surface area contributed by atoms with Crippen LogP contribution in [0.2, 0.25) is 5.02 Å². The van der Waals surface area contributed by atoms with Gasteiger partial charge < -0.3 is 10.1 Å². The van der Waals surface area contributed by atoms with E-state index < -0.39 is 0 Å². The number of nitrogens with zero attached hydrogens (tertiary/aromatic N) is 2. The first-order valence-corrected chi connectivity index (χ1v) is 11.2. The van der Waals surface area contributed by atoms with E-state index in [-0.39, 0.29) is 18.4 Å². The highest BCUT2D eigenvalue weighted by Gasteiger charge is 2.14. The first-order chi connectivity index (χ1) is 16.0. The number of carbonyl (C=O) groups is 2. The lowest BCUT2D eigenvalue weighted by molar-refractivity contribution is 0.101. The Kier molecular flexibility index (Phi) is 6.97. The molecule has 3 aromatic carbocycles. The van der Waals surface area contributed by atoms with Gasteiger partial charge in [0.2, 0.25) is 5.13 Å². The predicted molar refractivity (Wildman–Crippen MR) is 129 cm³/mol. The van der Waals surface area contributed by atoms with Crippen LogP contribution in [0, 0.1) is 6.92 Å². The fraction of sp³-hybridized carbons (Fsp3) is 0.0833. The van der Waals surface area contributed by atoms with E-state index in [9.17, 15) is 9.59 Å². The number of carbonyl (C=O) groups excluding carboxylic acids is 2. The Labute approximate surface area is 199 Å². The second kappa shape index (κ2) is 10.2. The monoisotopic (exact) mass is 478 g/mol. The molecule has 0 radical (unpaired) electrons. The summed E-state index contributed by atoms with van der Waals surface area (Å²) < 4.78 is 5.65. The first kappa shape index (κ1) is 22.4. The number of halogens is 1. The van der Waals surface area contributed by atoms with Crippen molar-refractivity contribution in [2.24, 2.45) is 0 Å². The number of aromatic nitrogens is 2. The number of rotatable bonds is 7. The summed E-state index contributed by atoms with van der Waals surface area (Å²) in [6, 6.07) is 21.0. The zero-order valence-corrected chi connectivity index (χ0v) is 19.1. The standard InChI is InChI=1S/C24H19ClN4O3S/c1-15-7-8-17(13-20(15)26-22(30)16-5-3-2-4-6-16)23(31)27-24-29-28-21(33-24)14-32-19-11-9-18(25)10-12-19/h2-13H,14H2,1H3,(H,26,30)(H,27,29,31). The molecular weight excluding hydrogens is 460 g/mol. The lowest BCUT2D eigenvalue weighted by Gasteiger charge is -2.10. The molecule has 0 bridgehead atoms. The Morgan fingerprint density at radius 2 is 1.64 bits per heavy atom. The zero-order chi connectivity index (χ0) is 23.2. The summed E-state index contributed by atoms with van der Waals surface area (Å²) in [6.45, 7) is 2.08. The van der Waals surface area contributed by atoms with E-state index in [1.807, 2.05) is 13.0 Å². The maximum atomic E-state index is 12.7. The van der Waals surface area contributed by atoms with Crippen molar-refractivity contribution >= 4 is 45.6 Å². The Balaban J connectivity index is 1.39. The molecule has 4 aromatic rings. The van der Waals surface area contributed by atoms with Crippen molar-refractivity contribution < 1.29 is 14.3 Å². The molecule has 0 aliphatic carbocycles. The number of hydrogen-bond donors (Lipinski definition) is 2. The highest BCUT2D eigenvalue weighted by atomic mass is 35.5. The van der Waals surface area contributed by atoms with Crippen molar-refractivity contribution in [1.82, 2.24) is 10.2 Å². The fourth-order valence-corrected chi connectivity index (χ4v) is 3.66.